The van der Waals surface area contributed by atoms with Crippen LogP contribution in [0.3, 0.4) is 0 Å². The number of nitrogens with two attached hydrogens (primary N) is 1. The molecule has 0 aliphatic carbocycles. The molecule has 1 aromatic rings. The Morgan fingerprint density at radius 1 is 1.50 bits per heavy atom. The van der Waals surface area contributed by atoms with Gasteiger partial charge in [-0.3, -0.25) is 9.89 Å². The first-order valence-corrected chi connectivity index (χ1v) is 9.22. The Morgan fingerprint density at radius 2 is 2.27 bits per heavy atom. The fourth-order valence-corrected chi connectivity index (χ4v) is 3.32. The Balaban J connectivity index is 1.65. The number of likely N-dealkylation sites (tertiary alicyclic amines) is 1. The summed E-state index contributed by atoms with van der Waals surface area (Å²) in [5, 5.41) is 6.51. The van der Waals surface area contributed by atoms with Gasteiger partial charge in [-0.2, -0.15) is 0 Å². The molecule has 0 bridgehead atoms. The highest BCUT2D eigenvalue weighted by Gasteiger charge is 2.19. The van der Waals surface area contributed by atoms with E-state index in [1.165, 1.54) is 25.0 Å². The van der Waals surface area contributed by atoms with Gasteiger partial charge in [0.25, 0.3) is 0 Å². The highest BCUT2D eigenvalue weighted by atomic mass is 32.1. The number of nitrogens with one attached hydrogen (secondary N) is 1. The minimum absolute atomic E-state index is 0.605. The zero-order chi connectivity index (χ0) is 15.8. The van der Waals surface area contributed by atoms with E-state index in [1.807, 2.05) is 0 Å². The van der Waals surface area contributed by atoms with E-state index in [4.69, 9.17) is 5.73 Å². The fourth-order valence-electron chi connectivity index (χ4n) is 2.71. The van der Waals surface area contributed by atoms with E-state index in [0.29, 0.717) is 11.9 Å². The summed E-state index contributed by atoms with van der Waals surface area (Å²) in [7, 11) is 0. The summed E-state index contributed by atoms with van der Waals surface area (Å²) in [4.78, 5) is 11.5. The molecule has 1 aromatic heterocycles. The van der Waals surface area contributed by atoms with Crippen molar-refractivity contribution >= 4 is 17.3 Å². The molecule has 1 saturated heterocycles. The van der Waals surface area contributed by atoms with Gasteiger partial charge < -0.3 is 11.1 Å². The molecular formula is C16H29N5S. The number of aliphatic imine (C=N–C) groups is 1. The van der Waals surface area contributed by atoms with Gasteiger partial charge in [-0.15, -0.1) is 11.3 Å². The zero-order valence-corrected chi connectivity index (χ0v) is 14.7. The van der Waals surface area contributed by atoms with Crippen LogP contribution in [0.1, 0.15) is 43.3 Å². The second kappa shape index (κ2) is 9.10. The highest BCUT2D eigenvalue weighted by molar-refractivity contribution is 7.09. The molecule has 0 atom stereocenters. The van der Waals surface area contributed by atoms with E-state index in [1.54, 1.807) is 11.3 Å². The molecule has 0 radical (unpaired) electrons. The van der Waals surface area contributed by atoms with Crippen molar-refractivity contribution in [2.75, 3.05) is 26.2 Å². The van der Waals surface area contributed by atoms with Gasteiger partial charge in [0.1, 0.15) is 0 Å². The van der Waals surface area contributed by atoms with E-state index < -0.39 is 0 Å². The van der Waals surface area contributed by atoms with Crippen LogP contribution in [-0.2, 0) is 6.54 Å². The molecular weight excluding hydrogens is 294 g/mol. The molecule has 1 aliphatic heterocycles. The minimum atomic E-state index is 0.605. The molecule has 0 unspecified atom stereocenters. The summed E-state index contributed by atoms with van der Waals surface area (Å²) in [6.07, 6.45) is 4.73. The topological polar surface area (TPSA) is 66.5 Å². The standard InChI is InChI=1S/C16H29N5S/c1-3-4-7-18-16(17)19-10-14-5-8-21(9-6-14)11-15-12-22-13(2)20-15/h12,14H,3-11H2,1-2H3,(H3,17,18,19). The summed E-state index contributed by atoms with van der Waals surface area (Å²) < 4.78 is 0. The molecule has 2 heterocycles. The Labute approximate surface area is 138 Å². The lowest BCUT2D eigenvalue weighted by Gasteiger charge is -2.30. The van der Waals surface area contributed by atoms with Gasteiger partial charge in [0.05, 0.1) is 10.7 Å². The molecule has 0 aromatic carbocycles. The van der Waals surface area contributed by atoms with Crippen LogP contribution in [0.25, 0.3) is 0 Å². The van der Waals surface area contributed by atoms with Crippen LogP contribution >= 0.6 is 11.3 Å². The first kappa shape index (κ1) is 17.2. The second-order valence-electron chi connectivity index (χ2n) is 6.08. The number of hydrogen-bond donors (Lipinski definition) is 2. The van der Waals surface area contributed by atoms with Gasteiger partial charge in [0, 0.05) is 25.0 Å². The lowest BCUT2D eigenvalue weighted by molar-refractivity contribution is 0.179. The maximum absolute atomic E-state index is 5.88. The normalized spacial score (nSPS) is 17.8. The van der Waals surface area contributed by atoms with Crippen molar-refractivity contribution in [2.24, 2.45) is 16.6 Å². The number of unbranched alkanes of at least 4 members (excludes halogenated alkanes) is 1. The van der Waals surface area contributed by atoms with Crippen molar-refractivity contribution in [3.63, 3.8) is 0 Å². The van der Waals surface area contributed by atoms with Crippen LogP contribution in [-0.4, -0.2) is 42.0 Å². The number of rotatable bonds is 7. The van der Waals surface area contributed by atoms with E-state index >= 15 is 0 Å². The molecule has 6 heteroatoms. The summed E-state index contributed by atoms with van der Waals surface area (Å²) in [5.41, 5.74) is 7.10. The third-order valence-electron chi connectivity index (χ3n) is 4.12. The van der Waals surface area contributed by atoms with Crippen molar-refractivity contribution < 1.29 is 0 Å². The summed E-state index contributed by atoms with van der Waals surface area (Å²) >= 11 is 1.74. The van der Waals surface area contributed by atoms with E-state index in [0.717, 1.165) is 44.2 Å². The number of piperidine rings is 1. The average Bonchev–Trinajstić information content (AvgIpc) is 2.92. The average molecular weight is 324 g/mol. The number of nitrogens with zero attached hydrogens (tertiary/aromatic N) is 3. The molecule has 2 rings (SSSR count). The third kappa shape index (κ3) is 5.93. The second-order valence-corrected chi connectivity index (χ2v) is 7.15. The molecule has 3 N–H and O–H groups in total. The Hall–Kier alpha value is -1.14. The minimum Gasteiger partial charge on any atom is -0.370 e. The van der Waals surface area contributed by atoms with Crippen molar-refractivity contribution in [3.05, 3.63) is 16.1 Å². The Kier molecular flexibility index (Phi) is 7.12. The van der Waals surface area contributed by atoms with Crippen LogP contribution in [0, 0.1) is 12.8 Å². The van der Waals surface area contributed by atoms with Crippen LogP contribution < -0.4 is 11.1 Å². The van der Waals surface area contributed by atoms with Crippen molar-refractivity contribution in [1.29, 1.82) is 0 Å². The Morgan fingerprint density at radius 3 is 2.91 bits per heavy atom. The maximum atomic E-state index is 5.88. The molecule has 0 amide bonds. The van der Waals surface area contributed by atoms with Crippen LogP contribution in [0.15, 0.2) is 10.4 Å². The number of aryl methyl sites for hydroxylation is 1. The molecule has 0 spiro atoms. The van der Waals surface area contributed by atoms with Crippen molar-refractivity contribution in [1.82, 2.24) is 15.2 Å². The summed E-state index contributed by atoms with van der Waals surface area (Å²) in [6, 6.07) is 0. The number of hydrogen-bond acceptors (Lipinski definition) is 4. The smallest absolute Gasteiger partial charge is 0.188 e. The Bertz CT molecular complexity index is 463. The molecule has 0 saturated carbocycles. The lowest BCUT2D eigenvalue weighted by Crippen LogP contribution is -2.36. The fraction of sp³-hybridized carbons (Fsp3) is 0.750. The van der Waals surface area contributed by atoms with Crippen molar-refractivity contribution in [3.8, 4) is 0 Å². The molecule has 5 nitrogen and oxygen atoms in total. The third-order valence-corrected chi connectivity index (χ3v) is 4.94. The maximum Gasteiger partial charge on any atom is 0.188 e. The molecule has 1 aliphatic rings. The quantitative estimate of drug-likeness (QED) is 0.459. The first-order chi connectivity index (χ1) is 10.7. The van der Waals surface area contributed by atoms with E-state index in [2.05, 4.69) is 39.4 Å². The van der Waals surface area contributed by atoms with Gasteiger partial charge in [-0.1, -0.05) is 13.3 Å². The number of aromatic nitrogens is 1. The van der Waals surface area contributed by atoms with Crippen LogP contribution in [0.4, 0.5) is 0 Å². The molecule has 1 fully saturated rings. The van der Waals surface area contributed by atoms with Crippen LogP contribution in [0.5, 0.6) is 0 Å². The summed E-state index contributed by atoms with van der Waals surface area (Å²) in [6.45, 7) is 9.29. The van der Waals surface area contributed by atoms with Gasteiger partial charge in [0.15, 0.2) is 5.96 Å². The highest BCUT2D eigenvalue weighted by Crippen LogP contribution is 2.19. The zero-order valence-electron chi connectivity index (χ0n) is 13.8. The monoisotopic (exact) mass is 323 g/mol. The largest absolute Gasteiger partial charge is 0.370 e. The lowest BCUT2D eigenvalue weighted by atomic mass is 9.97. The van der Waals surface area contributed by atoms with Gasteiger partial charge in [0.2, 0.25) is 0 Å². The molecule has 22 heavy (non-hydrogen) atoms. The first-order valence-electron chi connectivity index (χ1n) is 8.34. The number of thiazole rings is 1. The van der Waals surface area contributed by atoms with Gasteiger partial charge in [-0.25, -0.2) is 4.98 Å². The predicted octanol–water partition coefficient (Wildman–Crippen LogP) is 2.37. The van der Waals surface area contributed by atoms with E-state index in [-0.39, 0.29) is 0 Å². The molecule has 124 valence electrons. The SMILES string of the molecule is CCCCNC(N)=NCC1CCN(Cc2csc(C)n2)CC1. The predicted molar refractivity (Wildman–Crippen MR) is 94.3 cm³/mol. The summed E-state index contributed by atoms with van der Waals surface area (Å²) in [5.74, 6) is 1.27. The van der Waals surface area contributed by atoms with Crippen molar-refractivity contribution in [2.45, 2.75) is 46.1 Å². The van der Waals surface area contributed by atoms with Gasteiger partial charge >= 0.3 is 0 Å². The van der Waals surface area contributed by atoms with Crippen LogP contribution in [0.2, 0.25) is 0 Å². The number of guanidine groups is 1. The van der Waals surface area contributed by atoms with E-state index in [9.17, 15) is 0 Å². The van der Waals surface area contributed by atoms with Gasteiger partial charge in [-0.05, 0) is 45.2 Å².